The predicted octanol–water partition coefficient (Wildman–Crippen LogP) is 3.20. The SMILES string of the molecule is CC(Nc1cccc(CO)c1)c1ccc(O)cc1F. The normalized spacial score (nSPS) is 12.2. The highest BCUT2D eigenvalue weighted by Gasteiger charge is 2.11. The standard InChI is InChI=1S/C15H16FNO2/c1-10(14-6-5-13(19)8-15(14)16)17-12-4-2-3-11(7-12)9-18/h2-8,10,17-19H,9H2,1H3. The van der Waals surface area contributed by atoms with Gasteiger partial charge >= 0.3 is 0 Å². The number of hydrogen-bond donors (Lipinski definition) is 3. The van der Waals surface area contributed by atoms with Gasteiger partial charge in [-0.05, 0) is 30.7 Å². The van der Waals surface area contributed by atoms with Gasteiger partial charge < -0.3 is 15.5 Å². The molecule has 3 N–H and O–H groups in total. The summed E-state index contributed by atoms with van der Waals surface area (Å²) in [5.41, 5.74) is 2.09. The average molecular weight is 261 g/mol. The predicted molar refractivity (Wildman–Crippen MR) is 72.5 cm³/mol. The van der Waals surface area contributed by atoms with Gasteiger partial charge in [-0.2, -0.15) is 0 Å². The molecular weight excluding hydrogens is 245 g/mol. The van der Waals surface area contributed by atoms with Crippen LogP contribution in [0.2, 0.25) is 0 Å². The first-order valence-corrected chi connectivity index (χ1v) is 6.05. The molecule has 4 heteroatoms. The van der Waals surface area contributed by atoms with E-state index >= 15 is 0 Å². The highest BCUT2D eigenvalue weighted by Crippen LogP contribution is 2.24. The van der Waals surface area contributed by atoms with Crippen molar-refractivity contribution in [3.05, 3.63) is 59.4 Å². The molecule has 3 nitrogen and oxygen atoms in total. The monoisotopic (exact) mass is 261 g/mol. The third kappa shape index (κ3) is 3.23. The maximum absolute atomic E-state index is 13.7. The van der Waals surface area contributed by atoms with Crippen LogP contribution in [0.5, 0.6) is 5.75 Å². The summed E-state index contributed by atoms with van der Waals surface area (Å²) in [6.07, 6.45) is 0. The van der Waals surface area contributed by atoms with Crippen molar-refractivity contribution in [3.63, 3.8) is 0 Å². The molecule has 0 heterocycles. The molecule has 0 saturated carbocycles. The Labute approximate surface area is 111 Å². The highest BCUT2D eigenvalue weighted by molar-refractivity contribution is 5.48. The zero-order chi connectivity index (χ0) is 13.8. The number of aliphatic hydroxyl groups excluding tert-OH is 1. The van der Waals surface area contributed by atoms with E-state index in [0.717, 1.165) is 17.3 Å². The summed E-state index contributed by atoms with van der Waals surface area (Å²) in [4.78, 5) is 0. The van der Waals surface area contributed by atoms with Gasteiger partial charge in [0, 0.05) is 17.3 Å². The van der Waals surface area contributed by atoms with E-state index < -0.39 is 5.82 Å². The molecule has 0 radical (unpaired) electrons. The first-order valence-electron chi connectivity index (χ1n) is 6.05. The Hall–Kier alpha value is -2.07. The van der Waals surface area contributed by atoms with Crippen LogP contribution >= 0.6 is 0 Å². The number of benzene rings is 2. The van der Waals surface area contributed by atoms with Crippen molar-refractivity contribution >= 4 is 5.69 Å². The molecular formula is C15H16FNO2. The zero-order valence-corrected chi connectivity index (χ0v) is 10.6. The number of hydrogen-bond acceptors (Lipinski definition) is 3. The van der Waals surface area contributed by atoms with E-state index in [-0.39, 0.29) is 18.4 Å². The molecule has 19 heavy (non-hydrogen) atoms. The van der Waals surface area contributed by atoms with Crippen LogP contribution in [0.1, 0.15) is 24.1 Å². The smallest absolute Gasteiger partial charge is 0.132 e. The molecule has 0 amide bonds. The minimum atomic E-state index is -0.446. The van der Waals surface area contributed by atoms with Crippen molar-refractivity contribution in [2.75, 3.05) is 5.32 Å². The van der Waals surface area contributed by atoms with Crippen molar-refractivity contribution in [2.45, 2.75) is 19.6 Å². The number of anilines is 1. The third-order valence-electron chi connectivity index (χ3n) is 2.94. The second-order valence-corrected chi connectivity index (χ2v) is 4.43. The van der Waals surface area contributed by atoms with Crippen LogP contribution in [0.25, 0.3) is 0 Å². The van der Waals surface area contributed by atoms with Gasteiger partial charge in [-0.15, -0.1) is 0 Å². The molecule has 100 valence electrons. The van der Waals surface area contributed by atoms with Gasteiger partial charge in [-0.3, -0.25) is 0 Å². The van der Waals surface area contributed by atoms with Crippen molar-refractivity contribution in [3.8, 4) is 5.75 Å². The summed E-state index contributed by atoms with van der Waals surface area (Å²) in [6.45, 7) is 1.80. The Bertz CT molecular complexity index is 572. The molecule has 0 fully saturated rings. The highest BCUT2D eigenvalue weighted by atomic mass is 19.1. The van der Waals surface area contributed by atoms with E-state index in [0.29, 0.717) is 5.56 Å². The number of phenolic OH excluding ortho intramolecular Hbond substituents is 1. The number of aromatic hydroxyl groups is 1. The van der Waals surface area contributed by atoms with Crippen LogP contribution in [0.15, 0.2) is 42.5 Å². The summed E-state index contributed by atoms with van der Waals surface area (Å²) in [5.74, 6) is -0.533. The second-order valence-electron chi connectivity index (χ2n) is 4.43. The molecule has 1 unspecified atom stereocenters. The summed E-state index contributed by atoms with van der Waals surface area (Å²) in [6, 6.07) is 11.2. The maximum atomic E-state index is 13.7. The lowest BCUT2D eigenvalue weighted by molar-refractivity contribution is 0.282. The fraction of sp³-hybridized carbons (Fsp3) is 0.200. The molecule has 0 aliphatic rings. The molecule has 0 saturated heterocycles. The Morgan fingerprint density at radius 2 is 2.00 bits per heavy atom. The number of phenols is 1. The molecule has 0 aromatic heterocycles. The summed E-state index contributed by atoms with van der Waals surface area (Å²) in [7, 11) is 0. The van der Waals surface area contributed by atoms with Crippen LogP contribution in [-0.4, -0.2) is 10.2 Å². The molecule has 2 aromatic carbocycles. The number of nitrogens with one attached hydrogen (secondary N) is 1. The number of aliphatic hydroxyl groups is 1. The van der Waals surface area contributed by atoms with Gasteiger partial charge in [0.05, 0.1) is 12.6 Å². The first-order chi connectivity index (χ1) is 9.10. The van der Waals surface area contributed by atoms with E-state index in [4.69, 9.17) is 5.11 Å². The fourth-order valence-electron chi connectivity index (χ4n) is 1.95. The lowest BCUT2D eigenvalue weighted by Gasteiger charge is -2.17. The summed E-state index contributed by atoms with van der Waals surface area (Å²) >= 11 is 0. The minimum Gasteiger partial charge on any atom is -0.508 e. The lowest BCUT2D eigenvalue weighted by Crippen LogP contribution is -2.08. The van der Waals surface area contributed by atoms with Gasteiger partial charge in [0.25, 0.3) is 0 Å². The molecule has 0 spiro atoms. The van der Waals surface area contributed by atoms with Crippen molar-refractivity contribution < 1.29 is 14.6 Å². The number of rotatable bonds is 4. The number of halogens is 1. The maximum Gasteiger partial charge on any atom is 0.132 e. The molecule has 0 bridgehead atoms. The topological polar surface area (TPSA) is 52.5 Å². The summed E-state index contributed by atoms with van der Waals surface area (Å²) < 4.78 is 13.7. The van der Waals surface area contributed by atoms with E-state index in [1.54, 1.807) is 6.07 Å². The van der Waals surface area contributed by atoms with E-state index in [1.165, 1.54) is 6.07 Å². The van der Waals surface area contributed by atoms with Crippen LogP contribution in [0.4, 0.5) is 10.1 Å². The zero-order valence-electron chi connectivity index (χ0n) is 10.6. The average Bonchev–Trinajstić information content (AvgIpc) is 2.38. The van der Waals surface area contributed by atoms with Crippen LogP contribution in [-0.2, 0) is 6.61 Å². The Morgan fingerprint density at radius 1 is 1.21 bits per heavy atom. The van der Waals surface area contributed by atoms with Crippen LogP contribution in [0, 0.1) is 5.82 Å². The second kappa shape index (κ2) is 5.71. The van der Waals surface area contributed by atoms with Crippen molar-refractivity contribution in [2.24, 2.45) is 0 Å². The van der Waals surface area contributed by atoms with Gasteiger partial charge in [-0.1, -0.05) is 18.2 Å². The quantitative estimate of drug-likeness (QED) is 0.792. The van der Waals surface area contributed by atoms with E-state index in [1.807, 2.05) is 31.2 Å². The lowest BCUT2D eigenvalue weighted by atomic mass is 10.1. The summed E-state index contributed by atoms with van der Waals surface area (Å²) in [5, 5.41) is 21.4. The van der Waals surface area contributed by atoms with Gasteiger partial charge in [0.1, 0.15) is 11.6 Å². The largest absolute Gasteiger partial charge is 0.508 e. The van der Waals surface area contributed by atoms with Crippen molar-refractivity contribution in [1.29, 1.82) is 0 Å². The van der Waals surface area contributed by atoms with E-state index in [9.17, 15) is 9.50 Å². The molecule has 2 aromatic rings. The Morgan fingerprint density at radius 3 is 2.68 bits per heavy atom. The van der Waals surface area contributed by atoms with Gasteiger partial charge in [0.15, 0.2) is 0 Å². The van der Waals surface area contributed by atoms with Gasteiger partial charge in [0.2, 0.25) is 0 Å². The van der Waals surface area contributed by atoms with Crippen molar-refractivity contribution in [1.82, 2.24) is 0 Å². The van der Waals surface area contributed by atoms with Crippen LogP contribution < -0.4 is 5.32 Å². The first kappa shape index (κ1) is 13.4. The molecule has 0 aliphatic heterocycles. The van der Waals surface area contributed by atoms with E-state index in [2.05, 4.69) is 5.32 Å². The fourth-order valence-corrected chi connectivity index (χ4v) is 1.95. The van der Waals surface area contributed by atoms with Gasteiger partial charge in [-0.25, -0.2) is 4.39 Å². The molecule has 0 aliphatic carbocycles. The van der Waals surface area contributed by atoms with Crippen LogP contribution in [0.3, 0.4) is 0 Å². The minimum absolute atomic E-state index is 0.0303. The molecule has 1 atom stereocenters. The third-order valence-corrected chi connectivity index (χ3v) is 2.94. The Balaban J connectivity index is 2.17. The Kier molecular flexibility index (Phi) is 4.02. The molecule has 2 rings (SSSR count).